The predicted molar refractivity (Wildman–Crippen MR) is 105 cm³/mol. The smallest absolute Gasteiger partial charge is 0.308 e. The summed E-state index contributed by atoms with van der Waals surface area (Å²) in [6.45, 7) is 3.86. The van der Waals surface area contributed by atoms with Crippen LogP contribution < -0.4 is 5.32 Å². The molecule has 3 atom stereocenters. The summed E-state index contributed by atoms with van der Waals surface area (Å²) in [5.74, 6) is 3.71. The third kappa shape index (κ3) is 5.73. The van der Waals surface area contributed by atoms with Gasteiger partial charge in [-0.05, 0) is 52.4 Å². The van der Waals surface area contributed by atoms with Gasteiger partial charge in [0.2, 0.25) is 5.91 Å². The molecule has 2 rings (SSSR count). The van der Waals surface area contributed by atoms with Crippen LogP contribution in [0.15, 0.2) is 0 Å². The van der Waals surface area contributed by atoms with Crippen LogP contribution in [-0.2, 0) is 19.1 Å². The molecule has 0 aromatic rings. The van der Waals surface area contributed by atoms with Gasteiger partial charge in [-0.25, -0.2) is 0 Å². The van der Waals surface area contributed by atoms with Crippen molar-refractivity contribution in [3.8, 4) is 11.8 Å². The molecule has 0 aliphatic heterocycles. The monoisotopic (exact) mass is 391 g/mol. The quantitative estimate of drug-likeness (QED) is 0.489. The number of esters is 1. The van der Waals surface area contributed by atoms with Gasteiger partial charge in [-0.1, -0.05) is 19.3 Å². The molecular weight excluding hydrogens is 358 g/mol. The summed E-state index contributed by atoms with van der Waals surface area (Å²) in [5.41, 5.74) is -0.630. The van der Waals surface area contributed by atoms with Crippen LogP contribution in [-0.4, -0.2) is 35.6 Å². The summed E-state index contributed by atoms with van der Waals surface area (Å²) in [7, 11) is 0. The van der Waals surface area contributed by atoms with Crippen molar-refractivity contribution in [2.75, 3.05) is 6.61 Å². The summed E-state index contributed by atoms with van der Waals surface area (Å²) in [6.07, 6.45) is 7.05. The second-order valence-electron chi connectivity index (χ2n) is 8.14. The Kier molecular flexibility index (Phi) is 8.35. The van der Waals surface area contributed by atoms with Crippen LogP contribution in [0.1, 0.15) is 78.1 Å². The maximum atomic E-state index is 13.2. The van der Waals surface area contributed by atoms with Gasteiger partial charge in [-0.3, -0.25) is 14.4 Å². The highest BCUT2D eigenvalue weighted by molar-refractivity contribution is 5.84. The summed E-state index contributed by atoms with van der Waals surface area (Å²) in [5, 5.41) is 12.7. The number of rotatable bonds is 8. The van der Waals surface area contributed by atoms with Crippen LogP contribution in [0.3, 0.4) is 0 Å². The fraction of sp³-hybridized carbons (Fsp3) is 0.773. The Morgan fingerprint density at radius 3 is 2.54 bits per heavy atom. The Bertz CT molecular complexity index is 627. The molecule has 0 heterocycles. The van der Waals surface area contributed by atoms with Crippen LogP contribution in [0.4, 0.5) is 0 Å². The number of ether oxygens (including phenoxy) is 1. The maximum Gasteiger partial charge on any atom is 0.308 e. The van der Waals surface area contributed by atoms with Gasteiger partial charge in [-0.15, -0.1) is 11.8 Å². The Hall–Kier alpha value is -2.03. The van der Waals surface area contributed by atoms with Gasteiger partial charge >= 0.3 is 11.9 Å². The number of hydrogen-bond donors (Lipinski definition) is 2. The Morgan fingerprint density at radius 1 is 1.21 bits per heavy atom. The number of nitrogens with one attached hydrogen (secondary N) is 1. The first-order valence-electron chi connectivity index (χ1n) is 10.5. The Morgan fingerprint density at radius 2 is 1.93 bits per heavy atom. The minimum absolute atomic E-state index is 0.0461. The molecule has 0 aromatic carbocycles. The van der Waals surface area contributed by atoms with Crippen molar-refractivity contribution < 1.29 is 24.2 Å². The average Bonchev–Trinajstić information content (AvgIpc) is 3.15. The van der Waals surface area contributed by atoms with E-state index in [4.69, 9.17) is 4.74 Å². The molecule has 0 spiro atoms. The zero-order valence-corrected chi connectivity index (χ0v) is 17.1. The highest BCUT2D eigenvalue weighted by atomic mass is 16.5. The standard InChI is InChI=1S/C22H33NO5/c1-3-5-9-17(19(24)25)15-22(12-6-7-13-22)21(27)23-18-11-8-10-16(14-18)20(26)28-4-2/h16-18H,4,6-15H2,1-2H3,(H,23,27)(H,24,25)/t16-,17?,18+/m1/s1. The molecule has 156 valence electrons. The fourth-order valence-corrected chi connectivity index (χ4v) is 4.65. The lowest BCUT2D eigenvalue weighted by Crippen LogP contribution is -2.47. The topological polar surface area (TPSA) is 92.7 Å². The van der Waals surface area contributed by atoms with E-state index in [1.807, 2.05) is 0 Å². The molecule has 1 unspecified atom stereocenters. The average molecular weight is 392 g/mol. The number of hydrogen-bond acceptors (Lipinski definition) is 4. The van der Waals surface area contributed by atoms with Crippen LogP contribution in [0.25, 0.3) is 0 Å². The van der Waals surface area contributed by atoms with E-state index in [-0.39, 0.29) is 30.3 Å². The van der Waals surface area contributed by atoms with Gasteiger partial charge in [-0.2, -0.15) is 0 Å². The minimum atomic E-state index is -0.887. The third-order valence-electron chi connectivity index (χ3n) is 6.18. The van der Waals surface area contributed by atoms with Crippen molar-refractivity contribution in [3.05, 3.63) is 0 Å². The van der Waals surface area contributed by atoms with Crippen molar-refractivity contribution in [2.24, 2.45) is 17.3 Å². The fourth-order valence-electron chi connectivity index (χ4n) is 4.65. The molecule has 2 aliphatic carbocycles. The molecule has 2 saturated carbocycles. The van der Waals surface area contributed by atoms with E-state index in [1.54, 1.807) is 13.8 Å². The van der Waals surface area contributed by atoms with Gasteiger partial charge < -0.3 is 15.2 Å². The number of aliphatic carboxylic acids is 1. The van der Waals surface area contributed by atoms with Gasteiger partial charge in [0.1, 0.15) is 0 Å². The van der Waals surface area contributed by atoms with E-state index in [2.05, 4.69) is 17.2 Å². The molecular formula is C22H33NO5. The van der Waals surface area contributed by atoms with E-state index in [0.717, 1.165) is 44.9 Å². The van der Waals surface area contributed by atoms with Crippen LogP contribution in [0.5, 0.6) is 0 Å². The van der Waals surface area contributed by atoms with Crippen LogP contribution in [0, 0.1) is 29.1 Å². The van der Waals surface area contributed by atoms with Gasteiger partial charge in [0, 0.05) is 12.5 Å². The Labute approximate surface area is 167 Å². The number of carbonyl (C=O) groups excluding carboxylic acids is 2. The maximum absolute atomic E-state index is 13.2. The molecule has 2 N–H and O–H groups in total. The highest BCUT2D eigenvalue weighted by Gasteiger charge is 2.45. The molecule has 0 bridgehead atoms. The molecule has 2 aliphatic rings. The lowest BCUT2D eigenvalue weighted by atomic mass is 9.75. The van der Waals surface area contributed by atoms with Crippen LogP contribution >= 0.6 is 0 Å². The summed E-state index contributed by atoms with van der Waals surface area (Å²) < 4.78 is 5.14. The van der Waals surface area contributed by atoms with Crippen molar-refractivity contribution in [1.82, 2.24) is 5.32 Å². The van der Waals surface area contributed by atoms with Gasteiger partial charge in [0.25, 0.3) is 0 Å². The second-order valence-corrected chi connectivity index (χ2v) is 8.14. The first kappa shape index (κ1) is 22.3. The summed E-state index contributed by atoms with van der Waals surface area (Å²) in [4.78, 5) is 36.9. The molecule has 6 nitrogen and oxygen atoms in total. The molecule has 1 amide bonds. The largest absolute Gasteiger partial charge is 0.481 e. The van der Waals surface area contributed by atoms with Gasteiger partial charge in [0.05, 0.1) is 23.9 Å². The normalized spacial score (nSPS) is 24.5. The highest BCUT2D eigenvalue weighted by Crippen LogP contribution is 2.44. The second kappa shape index (κ2) is 10.5. The molecule has 0 aromatic heterocycles. The molecule has 0 saturated heterocycles. The summed E-state index contributed by atoms with van der Waals surface area (Å²) in [6, 6.07) is -0.0492. The minimum Gasteiger partial charge on any atom is -0.481 e. The number of carboxylic acids is 1. The third-order valence-corrected chi connectivity index (χ3v) is 6.18. The van der Waals surface area contributed by atoms with E-state index in [0.29, 0.717) is 19.4 Å². The van der Waals surface area contributed by atoms with E-state index in [1.165, 1.54) is 0 Å². The van der Waals surface area contributed by atoms with Crippen molar-refractivity contribution >= 4 is 17.8 Å². The number of amides is 1. The van der Waals surface area contributed by atoms with E-state index < -0.39 is 17.3 Å². The molecule has 6 heteroatoms. The van der Waals surface area contributed by atoms with E-state index >= 15 is 0 Å². The van der Waals surface area contributed by atoms with Crippen molar-refractivity contribution in [3.63, 3.8) is 0 Å². The first-order valence-corrected chi connectivity index (χ1v) is 10.5. The Balaban J connectivity index is 2.04. The first-order chi connectivity index (χ1) is 13.4. The number of carboxylic acid groups (broad SMARTS) is 1. The lowest BCUT2D eigenvalue weighted by Gasteiger charge is -2.34. The molecule has 28 heavy (non-hydrogen) atoms. The van der Waals surface area contributed by atoms with Crippen molar-refractivity contribution in [1.29, 1.82) is 0 Å². The summed E-state index contributed by atoms with van der Waals surface area (Å²) >= 11 is 0. The SMILES string of the molecule is CC#CCC(CC1(C(=O)N[C@H]2CCC[C@@H](C(=O)OCC)C2)CCCC1)C(=O)O. The zero-order valence-electron chi connectivity index (χ0n) is 17.1. The number of carbonyl (C=O) groups is 3. The molecule has 0 radical (unpaired) electrons. The molecule has 2 fully saturated rings. The predicted octanol–water partition coefficient (Wildman–Crippen LogP) is 3.29. The zero-order chi connectivity index (χ0) is 20.6. The van der Waals surface area contributed by atoms with E-state index in [9.17, 15) is 19.5 Å². The van der Waals surface area contributed by atoms with Crippen molar-refractivity contribution in [2.45, 2.75) is 84.1 Å². The lowest BCUT2D eigenvalue weighted by molar-refractivity contribution is -0.150. The van der Waals surface area contributed by atoms with Gasteiger partial charge in [0.15, 0.2) is 0 Å². The van der Waals surface area contributed by atoms with Crippen LogP contribution in [0.2, 0.25) is 0 Å².